The van der Waals surface area contributed by atoms with Crippen molar-refractivity contribution in [1.29, 1.82) is 0 Å². The second kappa shape index (κ2) is 11.5. The van der Waals surface area contributed by atoms with Crippen LogP contribution in [0.25, 0.3) is 39.1 Å². The first-order valence-electron chi connectivity index (χ1n) is 15.1. The van der Waals surface area contributed by atoms with Gasteiger partial charge in [-0.1, -0.05) is 90.1 Å². The molecule has 0 spiro atoms. The molecule has 0 radical (unpaired) electrons. The first-order chi connectivity index (χ1) is 20.7. The highest BCUT2D eigenvalue weighted by Gasteiger charge is 2.25. The van der Waals surface area contributed by atoms with Gasteiger partial charge in [-0.15, -0.1) is 0 Å². The number of allylic oxidation sites excluding steroid dienone is 3. The molecule has 44 heavy (non-hydrogen) atoms. The molecule has 0 aliphatic carbocycles. The summed E-state index contributed by atoms with van der Waals surface area (Å²) in [5.74, 6) is -0.714. The van der Waals surface area contributed by atoms with Crippen LogP contribution in [0, 0.1) is 5.82 Å². The standard InChI is InChI=1S/C39H40FNO3/c1-24(2)41-32-14-10-9-13-29(32)35(25-17-19-28(40)20-18-25)33(41)15-11-12-16-34(42)30-22-26-21-27(38(3,4)5)23-31(39(6,7)8)36(26)44-37(30)43/h9-24H,1-8H3. The van der Waals surface area contributed by atoms with Gasteiger partial charge in [0.15, 0.2) is 5.78 Å². The third-order valence-corrected chi connectivity index (χ3v) is 7.98. The number of carbonyl (C=O) groups is 1. The van der Waals surface area contributed by atoms with Gasteiger partial charge in [-0.25, -0.2) is 9.18 Å². The number of rotatable bonds is 6. The number of para-hydroxylation sites is 1. The predicted molar refractivity (Wildman–Crippen MR) is 180 cm³/mol. The fourth-order valence-corrected chi connectivity index (χ4v) is 5.70. The van der Waals surface area contributed by atoms with Crippen LogP contribution in [-0.2, 0) is 10.8 Å². The van der Waals surface area contributed by atoms with E-state index in [4.69, 9.17) is 4.42 Å². The summed E-state index contributed by atoms with van der Waals surface area (Å²) < 4.78 is 21.8. The zero-order valence-corrected chi connectivity index (χ0v) is 26.8. The first kappa shape index (κ1) is 30.9. The van der Waals surface area contributed by atoms with E-state index in [1.54, 1.807) is 30.4 Å². The Hall–Kier alpha value is -4.51. The molecule has 0 saturated carbocycles. The monoisotopic (exact) mass is 589 g/mol. The topological polar surface area (TPSA) is 52.2 Å². The minimum absolute atomic E-state index is 0.00337. The fraction of sp³-hybridized carbons (Fsp3) is 0.282. The molecule has 5 aromatic rings. The zero-order chi connectivity index (χ0) is 32.0. The number of hydrogen-bond donors (Lipinski definition) is 0. The number of halogens is 1. The summed E-state index contributed by atoms with van der Waals surface area (Å²) >= 11 is 0. The molecule has 0 bridgehead atoms. The van der Waals surface area contributed by atoms with Gasteiger partial charge in [0.05, 0.1) is 0 Å². The van der Waals surface area contributed by atoms with E-state index in [9.17, 15) is 14.0 Å². The lowest BCUT2D eigenvalue weighted by Gasteiger charge is -2.26. The number of fused-ring (bicyclic) bond motifs is 2. The van der Waals surface area contributed by atoms with Crippen molar-refractivity contribution in [2.45, 2.75) is 72.3 Å². The van der Waals surface area contributed by atoms with Crippen LogP contribution in [0.2, 0.25) is 0 Å². The van der Waals surface area contributed by atoms with Crippen LogP contribution >= 0.6 is 0 Å². The molecule has 5 rings (SSSR count). The van der Waals surface area contributed by atoms with Gasteiger partial charge in [-0.05, 0) is 78.3 Å². The lowest BCUT2D eigenvalue weighted by Crippen LogP contribution is -2.19. The average Bonchev–Trinajstić information content (AvgIpc) is 3.28. The minimum Gasteiger partial charge on any atom is -0.422 e. The van der Waals surface area contributed by atoms with Gasteiger partial charge < -0.3 is 8.98 Å². The molecule has 0 fully saturated rings. The van der Waals surface area contributed by atoms with Gasteiger partial charge in [0.1, 0.15) is 17.0 Å². The molecule has 2 aromatic heterocycles. The summed E-state index contributed by atoms with van der Waals surface area (Å²) in [6.07, 6.45) is 6.80. The van der Waals surface area contributed by atoms with Crippen molar-refractivity contribution in [1.82, 2.24) is 4.57 Å². The number of nitrogens with zero attached hydrogens (tertiary/aromatic N) is 1. The summed E-state index contributed by atoms with van der Waals surface area (Å²) in [7, 11) is 0. The summed E-state index contributed by atoms with van der Waals surface area (Å²) in [6.45, 7) is 16.9. The Labute approximate surface area is 258 Å². The summed E-state index contributed by atoms with van der Waals surface area (Å²) in [4.78, 5) is 26.4. The van der Waals surface area contributed by atoms with Crippen molar-refractivity contribution in [3.63, 3.8) is 0 Å². The normalized spacial score (nSPS) is 12.9. The summed E-state index contributed by atoms with van der Waals surface area (Å²) in [5.41, 5.74) is 5.45. The van der Waals surface area contributed by atoms with Crippen LogP contribution < -0.4 is 5.63 Å². The van der Waals surface area contributed by atoms with Gasteiger partial charge in [0.2, 0.25) is 0 Å². The lowest BCUT2D eigenvalue weighted by atomic mass is 9.79. The largest absolute Gasteiger partial charge is 0.422 e. The summed E-state index contributed by atoms with van der Waals surface area (Å²) in [5, 5.41) is 1.80. The van der Waals surface area contributed by atoms with E-state index < -0.39 is 11.4 Å². The molecule has 4 nitrogen and oxygen atoms in total. The molecule has 0 aliphatic rings. The van der Waals surface area contributed by atoms with Crippen LogP contribution in [0.1, 0.15) is 88.6 Å². The second-order valence-electron chi connectivity index (χ2n) is 13.7. The Kier molecular flexibility index (Phi) is 8.11. The third kappa shape index (κ3) is 5.96. The molecule has 226 valence electrons. The Morgan fingerprint density at radius 3 is 2.20 bits per heavy atom. The van der Waals surface area contributed by atoms with E-state index in [1.807, 2.05) is 24.3 Å². The molecule has 5 heteroatoms. The highest BCUT2D eigenvalue weighted by molar-refractivity contribution is 6.06. The zero-order valence-electron chi connectivity index (χ0n) is 26.8. The highest BCUT2D eigenvalue weighted by Crippen LogP contribution is 2.38. The van der Waals surface area contributed by atoms with E-state index >= 15 is 0 Å². The number of benzene rings is 3. The van der Waals surface area contributed by atoms with Gasteiger partial charge in [-0.2, -0.15) is 0 Å². The SMILES string of the molecule is CC(C)n1c(C=CC=CC(=O)c2cc3cc(C(C)(C)C)cc(C(C)(C)C)c3oc2=O)c(-c2ccc(F)cc2)c2ccccc21. The lowest BCUT2D eigenvalue weighted by molar-refractivity contribution is 0.104. The third-order valence-electron chi connectivity index (χ3n) is 7.98. The molecule has 3 aromatic carbocycles. The van der Waals surface area contributed by atoms with E-state index in [1.165, 1.54) is 18.2 Å². The van der Waals surface area contributed by atoms with E-state index in [-0.39, 0.29) is 28.3 Å². The number of carbonyl (C=O) groups excluding carboxylic acids is 1. The van der Waals surface area contributed by atoms with Gasteiger partial charge in [0, 0.05) is 39.2 Å². The molecule has 0 amide bonds. The Balaban J connectivity index is 1.55. The smallest absolute Gasteiger partial charge is 0.347 e. The maximum atomic E-state index is 13.8. The van der Waals surface area contributed by atoms with Crippen molar-refractivity contribution in [2.75, 3.05) is 0 Å². The molecule has 2 heterocycles. The Morgan fingerprint density at radius 2 is 1.57 bits per heavy atom. The van der Waals surface area contributed by atoms with Crippen molar-refractivity contribution in [3.05, 3.63) is 124 Å². The molecule has 0 unspecified atom stereocenters. The van der Waals surface area contributed by atoms with Crippen LogP contribution in [0.4, 0.5) is 4.39 Å². The number of ketones is 1. The Bertz CT molecular complexity index is 1990. The second-order valence-corrected chi connectivity index (χ2v) is 13.7. The minimum atomic E-state index is -0.649. The Morgan fingerprint density at radius 1 is 0.886 bits per heavy atom. The van der Waals surface area contributed by atoms with Crippen molar-refractivity contribution < 1.29 is 13.6 Å². The van der Waals surface area contributed by atoms with E-state index in [2.05, 4.69) is 78.2 Å². The van der Waals surface area contributed by atoms with Gasteiger partial charge >= 0.3 is 5.63 Å². The van der Waals surface area contributed by atoms with Crippen molar-refractivity contribution in [3.8, 4) is 11.1 Å². The number of hydrogen-bond acceptors (Lipinski definition) is 3. The first-order valence-corrected chi connectivity index (χ1v) is 15.1. The fourth-order valence-electron chi connectivity index (χ4n) is 5.70. The van der Waals surface area contributed by atoms with Crippen molar-refractivity contribution in [2.24, 2.45) is 0 Å². The summed E-state index contributed by atoms with van der Waals surface area (Å²) in [6, 6.07) is 20.6. The maximum Gasteiger partial charge on any atom is 0.347 e. The molecular weight excluding hydrogens is 549 g/mol. The van der Waals surface area contributed by atoms with Crippen LogP contribution in [0.3, 0.4) is 0 Å². The molecule has 0 saturated heterocycles. The molecule has 0 aliphatic heterocycles. The molecular formula is C39H40FNO3. The average molecular weight is 590 g/mol. The van der Waals surface area contributed by atoms with Crippen LogP contribution in [0.15, 0.2) is 94.2 Å². The number of aromatic nitrogens is 1. The molecule has 0 atom stereocenters. The van der Waals surface area contributed by atoms with E-state index in [0.29, 0.717) is 5.58 Å². The van der Waals surface area contributed by atoms with E-state index in [0.717, 1.165) is 44.2 Å². The maximum absolute atomic E-state index is 13.8. The van der Waals surface area contributed by atoms with Crippen LogP contribution in [-0.4, -0.2) is 10.4 Å². The molecule has 0 N–H and O–H groups in total. The van der Waals surface area contributed by atoms with Crippen LogP contribution in [0.5, 0.6) is 0 Å². The van der Waals surface area contributed by atoms with Gasteiger partial charge in [-0.3, -0.25) is 4.79 Å². The predicted octanol–water partition coefficient (Wildman–Crippen LogP) is 10.2. The highest BCUT2D eigenvalue weighted by atomic mass is 19.1. The quantitative estimate of drug-likeness (QED) is 0.0857. The van der Waals surface area contributed by atoms with Crippen molar-refractivity contribution >= 4 is 33.7 Å². The van der Waals surface area contributed by atoms with Gasteiger partial charge in [0.25, 0.3) is 0 Å².